The van der Waals surface area contributed by atoms with E-state index >= 15 is 0 Å². The number of carbonyl (C=O) groups excluding carboxylic acids is 1. The molecule has 21 heavy (non-hydrogen) atoms. The molecule has 2 aromatic rings. The lowest BCUT2D eigenvalue weighted by atomic mass is 10.2. The fourth-order valence-electron chi connectivity index (χ4n) is 2.55. The lowest BCUT2D eigenvalue weighted by molar-refractivity contribution is 0.0958. The Kier molecular flexibility index (Phi) is 4.35. The van der Waals surface area contributed by atoms with Gasteiger partial charge in [-0.2, -0.15) is 11.8 Å². The largest absolute Gasteiger partial charge is 0.397 e. The average Bonchev–Trinajstić information content (AvgIpc) is 2.84. The predicted octanol–water partition coefficient (Wildman–Crippen LogP) is 3.64. The van der Waals surface area contributed by atoms with Gasteiger partial charge in [-0.1, -0.05) is 12.5 Å². The first-order chi connectivity index (χ1) is 10.2. The molecule has 1 aromatic carbocycles. The number of thioether (sulfide) groups is 1. The van der Waals surface area contributed by atoms with Gasteiger partial charge in [-0.15, -0.1) is 11.3 Å². The molecule has 1 aromatic heterocycles. The van der Waals surface area contributed by atoms with Gasteiger partial charge in [0.15, 0.2) is 0 Å². The molecule has 1 aliphatic heterocycles. The van der Waals surface area contributed by atoms with E-state index in [0.29, 0.717) is 26.8 Å². The van der Waals surface area contributed by atoms with Gasteiger partial charge in [-0.25, -0.2) is 4.39 Å². The molecular weight excluding hydrogens is 307 g/mol. The van der Waals surface area contributed by atoms with Gasteiger partial charge in [0.05, 0.1) is 11.1 Å². The summed E-state index contributed by atoms with van der Waals surface area (Å²) in [7, 11) is 0. The van der Waals surface area contributed by atoms with Gasteiger partial charge in [0, 0.05) is 16.5 Å². The van der Waals surface area contributed by atoms with Crippen molar-refractivity contribution in [2.45, 2.75) is 24.5 Å². The maximum Gasteiger partial charge on any atom is 0.263 e. The van der Waals surface area contributed by atoms with Gasteiger partial charge >= 0.3 is 0 Å². The SMILES string of the molecule is Nc1c(C(=O)NCC2CCCCS2)sc2cccc(F)c12. The number of hydrogen-bond acceptors (Lipinski definition) is 4. The number of anilines is 1. The van der Waals surface area contributed by atoms with Crippen LogP contribution in [-0.4, -0.2) is 23.5 Å². The van der Waals surface area contributed by atoms with E-state index in [2.05, 4.69) is 5.32 Å². The smallest absolute Gasteiger partial charge is 0.263 e. The summed E-state index contributed by atoms with van der Waals surface area (Å²) in [6, 6.07) is 4.78. The van der Waals surface area contributed by atoms with Crippen LogP contribution in [0.25, 0.3) is 10.1 Å². The standard InChI is InChI=1S/C15H17FN2OS2/c16-10-5-3-6-11-12(10)13(17)14(21-11)15(19)18-8-9-4-1-2-7-20-9/h3,5-6,9H,1-2,4,7-8,17H2,(H,18,19). The second kappa shape index (κ2) is 6.23. The molecule has 1 amide bonds. The molecule has 2 heterocycles. The third-order valence-corrected chi connectivity index (χ3v) is 6.24. The molecule has 1 unspecified atom stereocenters. The van der Waals surface area contributed by atoms with Gasteiger partial charge in [0.2, 0.25) is 0 Å². The number of rotatable bonds is 3. The maximum atomic E-state index is 13.8. The molecular formula is C15H17FN2OS2. The normalized spacial score (nSPS) is 18.8. The first-order valence-corrected chi connectivity index (χ1v) is 8.89. The molecule has 0 radical (unpaired) electrons. The lowest BCUT2D eigenvalue weighted by Crippen LogP contribution is -2.31. The summed E-state index contributed by atoms with van der Waals surface area (Å²) in [4.78, 5) is 12.7. The zero-order valence-corrected chi connectivity index (χ0v) is 13.2. The number of carbonyl (C=O) groups is 1. The van der Waals surface area contributed by atoms with Crippen molar-refractivity contribution in [3.63, 3.8) is 0 Å². The van der Waals surface area contributed by atoms with Crippen LogP contribution in [0.3, 0.4) is 0 Å². The van der Waals surface area contributed by atoms with Crippen LogP contribution in [0.15, 0.2) is 18.2 Å². The fourth-order valence-corrected chi connectivity index (χ4v) is 4.84. The predicted molar refractivity (Wildman–Crippen MR) is 88.6 cm³/mol. The molecule has 1 saturated heterocycles. The maximum absolute atomic E-state index is 13.8. The highest BCUT2D eigenvalue weighted by atomic mass is 32.2. The van der Waals surface area contributed by atoms with Gasteiger partial charge in [0.1, 0.15) is 10.7 Å². The summed E-state index contributed by atoms with van der Waals surface area (Å²) in [6.07, 6.45) is 3.63. The number of hydrogen-bond donors (Lipinski definition) is 2. The second-order valence-corrected chi connectivity index (χ2v) is 7.62. The Morgan fingerprint density at radius 3 is 3.00 bits per heavy atom. The Hall–Kier alpha value is -1.27. The van der Waals surface area contributed by atoms with E-state index in [9.17, 15) is 9.18 Å². The zero-order valence-electron chi connectivity index (χ0n) is 11.5. The van der Waals surface area contributed by atoms with Crippen LogP contribution in [0, 0.1) is 5.82 Å². The van der Waals surface area contributed by atoms with Crippen molar-refractivity contribution in [3.05, 3.63) is 28.9 Å². The van der Waals surface area contributed by atoms with E-state index in [1.54, 1.807) is 12.1 Å². The van der Waals surface area contributed by atoms with Crippen LogP contribution in [0.5, 0.6) is 0 Å². The first-order valence-electron chi connectivity index (χ1n) is 7.03. The number of fused-ring (bicyclic) bond motifs is 1. The van der Waals surface area contributed by atoms with E-state index in [1.807, 2.05) is 11.8 Å². The van der Waals surface area contributed by atoms with Crippen LogP contribution in [-0.2, 0) is 0 Å². The molecule has 6 heteroatoms. The Bertz CT molecular complexity index is 665. The molecule has 3 nitrogen and oxygen atoms in total. The molecule has 0 bridgehead atoms. The van der Waals surface area contributed by atoms with Crippen molar-refractivity contribution >= 4 is 44.8 Å². The number of nitrogens with one attached hydrogen (secondary N) is 1. The second-order valence-electron chi connectivity index (χ2n) is 5.16. The molecule has 3 rings (SSSR count). The highest BCUT2D eigenvalue weighted by Crippen LogP contribution is 2.35. The molecule has 1 fully saturated rings. The minimum Gasteiger partial charge on any atom is -0.397 e. The van der Waals surface area contributed by atoms with E-state index in [0.717, 1.165) is 12.2 Å². The van der Waals surface area contributed by atoms with Crippen LogP contribution >= 0.6 is 23.1 Å². The van der Waals surface area contributed by atoms with E-state index in [-0.39, 0.29) is 17.4 Å². The number of benzene rings is 1. The summed E-state index contributed by atoms with van der Waals surface area (Å²) >= 11 is 3.16. The Balaban J connectivity index is 1.75. The van der Waals surface area contributed by atoms with E-state index in [1.165, 1.54) is 30.2 Å². The summed E-state index contributed by atoms with van der Waals surface area (Å²) < 4.78 is 14.5. The summed E-state index contributed by atoms with van der Waals surface area (Å²) in [5.41, 5.74) is 6.21. The Morgan fingerprint density at radius 2 is 2.29 bits per heavy atom. The third-order valence-electron chi connectivity index (χ3n) is 3.67. The summed E-state index contributed by atoms with van der Waals surface area (Å²) in [5, 5.41) is 3.78. The summed E-state index contributed by atoms with van der Waals surface area (Å²) in [5.74, 6) is 0.596. The van der Waals surface area contributed by atoms with Crippen LogP contribution in [0.2, 0.25) is 0 Å². The summed E-state index contributed by atoms with van der Waals surface area (Å²) in [6.45, 7) is 0.652. The highest BCUT2D eigenvalue weighted by Gasteiger charge is 2.20. The van der Waals surface area contributed by atoms with Crippen molar-refractivity contribution in [2.75, 3.05) is 18.0 Å². The van der Waals surface area contributed by atoms with Crippen molar-refractivity contribution in [2.24, 2.45) is 0 Å². The van der Waals surface area contributed by atoms with Crippen molar-refractivity contribution in [1.82, 2.24) is 5.32 Å². The topological polar surface area (TPSA) is 55.1 Å². The minimum absolute atomic E-state index is 0.195. The zero-order chi connectivity index (χ0) is 14.8. The highest BCUT2D eigenvalue weighted by molar-refractivity contribution is 7.99. The average molecular weight is 324 g/mol. The van der Waals surface area contributed by atoms with Crippen molar-refractivity contribution in [1.29, 1.82) is 0 Å². The van der Waals surface area contributed by atoms with E-state index in [4.69, 9.17) is 5.73 Å². The Labute approximate surface area is 131 Å². The molecule has 0 saturated carbocycles. The monoisotopic (exact) mass is 324 g/mol. The van der Waals surface area contributed by atoms with E-state index < -0.39 is 0 Å². The number of halogens is 1. The molecule has 1 atom stereocenters. The minimum atomic E-state index is -0.372. The lowest BCUT2D eigenvalue weighted by Gasteiger charge is -2.21. The third kappa shape index (κ3) is 3.01. The van der Waals surface area contributed by atoms with Crippen LogP contribution < -0.4 is 11.1 Å². The Morgan fingerprint density at radius 1 is 1.43 bits per heavy atom. The fraction of sp³-hybridized carbons (Fsp3) is 0.400. The van der Waals surface area contributed by atoms with Crippen molar-refractivity contribution < 1.29 is 9.18 Å². The van der Waals surface area contributed by atoms with Crippen LogP contribution in [0.1, 0.15) is 28.9 Å². The first kappa shape index (κ1) is 14.7. The number of nitrogen functional groups attached to an aromatic ring is 1. The number of thiophene rings is 1. The van der Waals surface area contributed by atoms with Gasteiger partial charge in [-0.05, 0) is 30.7 Å². The van der Waals surface area contributed by atoms with Gasteiger partial charge in [-0.3, -0.25) is 4.79 Å². The van der Waals surface area contributed by atoms with Crippen molar-refractivity contribution in [3.8, 4) is 0 Å². The molecule has 3 N–H and O–H groups in total. The molecule has 112 valence electrons. The quantitative estimate of drug-likeness (QED) is 0.906. The molecule has 0 aliphatic carbocycles. The van der Waals surface area contributed by atoms with Crippen LogP contribution in [0.4, 0.5) is 10.1 Å². The number of amides is 1. The molecule has 0 spiro atoms. The van der Waals surface area contributed by atoms with Gasteiger partial charge < -0.3 is 11.1 Å². The number of nitrogens with two attached hydrogens (primary N) is 1. The molecule has 1 aliphatic rings. The van der Waals surface area contributed by atoms with Gasteiger partial charge in [0.25, 0.3) is 5.91 Å².